The van der Waals surface area contributed by atoms with Crippen LogP contribution in [0.15, 0.2) is 53.4 Å². The molecule has 28 heavy (non-hydrogen) atoms. The van der Waals surface area contributed by atoms with Crippen LogP contribution in [0.2, 0.25) is 0 Å². The second-order valence-corrected chi connectivity index (χ2v) is 9.13. The lowest BCUT2D eigenvalue weighted by molar-refractivity contribution is -0.113. The molecule has 2 aromatic rings. The molecule has 1 amide bonds. The Balaban J connectivity index is 1.50. The molecular weight excluding hydrogens is 403 g/mol. The number of hydrogen-bond acceptors (Lipinski definition) is 5. The van der Waals surface area contributed by atoms with Crippen molar-refractivity contribution in [1.29, 1.82) is 0 Å². The van der Waals surface area contributed by atoms with E-state index in [0.717, 1.165) is 5.56 Å². The van der Waals surface area contributed by atoms with Gasteiger partial charge < -0.3 is 10.1 Å². The average molecular weight is 425 g/mol. The van der Waals surface area contributed by atoms with Gasteiger partial charge in [-0.05, 0) is 42.0 Å². The monoisotopic (exact) mass is 424 g/mol. The highest BCUT2D eigenvalue weighted by atomic mass is 32.2. The smallest absolute Gasteiger partial charge is 0.243 e. The van der Waals surface area contributed by atoms with Crippen molar-refractivity contribution < 1.29 is 22.3 Å². The highest BCUT2D eigenvalue weighted by molar-refractivity contribution is 7.99. The van der Waals surface area contributed by atoms with Gasteiger partial charge in [-0.2, -0.15) is 4.31 Å². The summed E-state index contributed by atoms with van der Waals surface area (Å²) in [5, 5.41) is 2.75. The Morgan fingerprint density at radius 1 is 1.07 bits per heavy atom. The van der Waals surface area contributed by atoms with Crippen molar-refractivity contribution in [1.82, 2.24) is 4.31 Å². The summed E-state index contributed by atoms with van der Waals surface area (Å²) in [4.78, 5) is 12.2. The molecule has 0 aliphatic carbocycles. The van der Waals surface area contributed by atoms with Gasteiger partial charge in [0.05, 0.1) is 23.9 Å². The quantitative estimate of drug-likeness (QED) is 0.740. The third-order valence-corrected chi connectivity index (χ3v) is 7.08. The molecule has 0 saturated carbocycles. The molecule has 1 N–H and O–H groups in total. The highest BCUT2D eigenvalue weighted by Gasteiger charge is 2.26. The Bertz CT molecular complexity index is 897. The zero-order valence-electron chi connectivity index (χ0n) is 15.1. The number of nitrogens with one attached hydrogen (secondary N) is 1. The van der Waals surface area contributed by atoms with Gasteiger partial charge >= 0.3 is 0 Å². The van der Waals surface area contributed by atoms with Crippen LogP contribution in [0.3, 0.4) is 0 Å². The molecule has 1 saturated heterocycles. The van der Waals surface area contributed by atoms with Crippen molar-refractivity contribution >= 4 is 33.4 Å². The van der Waals surface area contributed by atoms with Crippen molar-refractivity contribution in [2.75, 3.05) is 37.4 Å². The van der Waals surface area contributed by atoms with Gasteiger partial charge in [-0.25, -0.2) is 12.8 Å². The summed E-state index contributed by atoms with van der Waals surface area (Å²) < 4.78 is 44.6. The lowest BCUT2D eigenvalue weighted by Gasteiger charge is -2.26. The number of rotatable bonds is 7. The summed E-state index contributed by atoms with van der Waals surface area (Å²) in [6.07, 6.45) is 0. The fourth-order valence-corrected chi connectivity index (χ4v) is 4.88. The van der Waals surface area contributed by atoms with Crippen molar-refractivity contribution in [3.05, 3.63) is 59.9 Å². The molecule has 150 valence electrons. The molecule has 3 rings (SSSR count). The summed E-state index contributed by atoms with van der Waals surface area (Å²) >= 11 is 1.42. The minimum atomic E-state index is -3.55. The van der Waals surface area contributed by atoms with E-state index >= 15 is 0 Å². The molecular formula is C19H21FN2O4S2. The first-order valence-corrected chi connectivity index (χ1v) is 11.3. The van der Waals surface area contributed by atoms with E-state index in [2.05, 4.69) is 5.32 Å². The average Bonchev–Trinajstić information content (AvgIpc) is 2.70. The van der Waals surface area contributed by atoms with Crippen LogP contribution in [-0.2, 0) is 25.3 Å². The molecule has 0 unspecified atom stereocenters. The first-order valence-electron chi connectivity index (χ1n) is 8.75. The Morgan fingerprint density at radius 3 is 2.36 bits per heavy atom. The summed E-state index contributed by atoms with van der Waals surface area (Å²) in [6.45, 7) is 1.46. The van der Waals surface area contributed by atoms with Crippen LogP contribution in [0, 0.1) is 5.82 Å². The predicted molar refractivity (Wildman–Crippen MR) is 107 cm³/mol. The Labute approximate surface area is 168 Å². The van der Waals surface area contributed by atoms with E-state index in [9.17, 15) is 17.6 Å². The fourth-order valence-electron chi connectivity index (χ4n) is 2.69. The molecule has 9 heteroatoms. The lowest BCUT2D eigenvalue weighted by atomic mass is 10.2. The molecule has 0 aromatic heterocycles. The van der Waals surface area contributed by atoms with E-state index in [1.807, 2.05) is 0 Å². The zero-order chi connectivity index (χ0) is 20.0. The normalized spacial score (nSPS) is 15.3. The van der Waals surface area contributed by atoms with Crippen LogP contribution < -0.4 is 5.32 Å². The van der Waals surface area contributed by atoms with Crippen LogP contribution in [0.25, 0.3) is 0 Å². The maximum atomic E-state index is 12.9. The number of ether oxygens (including phenoxy) is 1. The molecule has 0 spiro atoms. The molecule has 0 atom stereocenters. The molecule has 2 aromatic carbocycles. The number of amides is 1. The van der Waals surface area contributed by atoms with Gasteiger partial charge in [0.2, 0.25) is 15.9 Å². The van der Waals surface area contributed by atoms with Gasteiger partial charge in [0.15, 0.2) is 0 Å². The molecule has 0 bridgehead atoms. The van der Waals surface area contributed by atoms with E-state index in [4.69, 9.17) is 4.74 Å². The van der Waals surface area contributed by atoms with E-state index in [1.54, 1.807) is 24.3 Å². The van der Waals surface area contributed by atoms with Crippen molar-refractivity contribution in [2.24, 2.45) is 0 Å². The first-order chi connectivity index (χ1) is 13.4. The maximum absolute atomic E-state index is 12.9. The van der Waals surface area contributed by atoms with E-state index < -0.39 is 10.0 Å². The molecule has 1 fully saturated rings. The number of thioether (sulfide) groups is 1. The minimum absolute atomic E-state index is 0.184. The third-order valence-electron chi connectivity index (χ3n) is 4.16. The van der Waals surface area contributed by atoms with Crippen LogP contribution in [0.4, 0.5) is 10.1 Å². The van der Waals surface area contributed by atoms with Crippen LogP contribution >= 0.6 is 11.8 Å². The van der Waals surface area contributed by atoms with Crippen LogP contribution in [-0.4, -0.2) is 50.7 Å². The number of sulfonamides is 1. The zero-order valence-corrected chi connectivity index (χ0v) is 16.8. The number of morpholine rings is 1. The topological polar surface area (TPSA) is 75.7 Å². The van der Waals surface area contributed by atoms with Crippen molar-refractivity contribution in [2.45, 2.75) is 10.6 Å². The van der Waals surface area contributed by atoms with Gasteiger partial charge in [0.25, 0.3) is 0 Å². The Kier molecular flexibility index (Phi) is 7.06. The van der Waals surface area contributed by atoms with E-state index in [0.29, 0.717) is 37.7 Å². The molecule has 6 nitrogen and oxygen atoms in total. The molecule has 1 aliphatic heterocycles. The standard InChI is InChI=1S/C19H21FN2O4S2/c20-16-3-1-15(2-4-16)13-27-14-19(23)21-17-5-7-18(8-6-17)28(24,25)22-9-11-26-12-10-22/h1-8H,9-14H2,(H,21,23). The van der Waals surface area contributed by atoms with E-state index in [1.165, 1.54) is 40.3 Å². The van der Waals surface area contributed by atoms with E-state index in [-0.39, 0.29) is 22.4 Å². The summed E-state index contributed by atoms with van der Waals surface area (Å²) in [5.41, 5.74) is 1.48. The summed E-state index contributed by atoms with van der Waals surface area (Å²) in [5.74, 6) is 0.372. The van der Waals surface area contributed by atoms with Gasteiger partial charge in [0.1, 0.15) is 5.82 Å². The number of nitrogens with zero attached hydrogens (tertiary/aromatic N) is 1. The van der Waals surface area contributed by atoms with Gasteiger partial charge in [0, 0.05) is 24.5 Å². The number of halogens is 1. The first kappa shape index (κ1) is 20.8. The summed E-state index contributed by atoms with van der Waals surface area (Å²) in [7, 11) is -3.55. The van der Waals surface area contributed by atoms with Crippen molar-refractivity contribution in [3.63, 3.8) is 0 Å². The number of carbonyl (C=O) groups is 1. The molecule has 1 aliphatic rings. The third kappa shape index (κ3) is 5.54. The molecule has 1 heterocycles. The number of hydrogen-bond donors (Lipinski definition) is 1. The predicted octanol–water partition coefficient (Wildman–Crippen LogP) is 2.72. The second kappa shape index (κ2) is 9.51. The number of benzene rings is 2. The van der Waals surface area contributed by atoms with Crippen molar-refractivity contribution in [3.8, 4) is 0 Å². The SMILES string of the molecule is O=C(CSCc1ccc(F)cc1)Nc1ccc(S(=O)(=O)N2CCOCC2)cc1. The lowest BCUT2D eigenvalue weighted by Crippen LogP contribution is -2.40. The largest absolute Gasteiger partial charge is 0.379 e. The minimum Gasteiger partial charge on any atom is -0.379 e. The van der Waals surface area contributed by atoms with Crippen LogP contribution in [0.5, 0.6) is 0 Å². The maximum Gasteiger partial charge on any atom is 0.243 e. The van der Waals surface area contributed by atoms with Gasteiger partial charge in [-0.1, -0.05) is 12.1 Å². The number of carbonyl (C=O) groups excluding carboxylic acids is 1. The highest BCUT2D eigenvalue weighted by Crippen LogP contribution is 2.20. The van der Waals surface area contributed by atoms with Crippen LogP contribution in [0.1, 0.15) is 5.56 Å². The molecule has 0 radical (unpaired) electrons. The Morgan fingerprint density at radius 2 is 1.71 bits per heavy atom. The van der Waals surface area contributed by atoms with Gasteiger partial charge in [-0.15, -0.1) is 11.8 Å². The fraction of sp³-hybridized carbons (Fsp3) is 0.316. The Hall–Kier alpha value is -1.94. The van der Waals surface area contributed by atoms with Gasteiger partial charge in [-0.3, -0.25) is 4.79 Å². The number of anilines is 1. The second-order valence-electron chi connectivity index (χ2n) is 6.21. The summed E-state index contributed by atoms with van der Waals surface area (Å²) in [6, 6.07) is 12.3.